The Balaban J connectivity index is 1.54. The molecule has 130 valence electrons. The van der Waals surface area contributed by atoms with E-state index in [-0.39, 0.29) is 16.9 Å². The number of hydrogen-bond donors (Lipinski definition) is 2. The number of imide groups is 1. The number of aromatic hydroxyl groups is 1. The minimum absolute atomic E-state index is 0.263. The zero-order valence-corrected chi connectivity index (χ0v) is 14.5. The summed E-state index contributed by atoms with van der Waals surface area (Å²) in [5.41, 5.74) is 3.80. The first-order chi connectivity index (χ1) is 12.6. The number of nitrogens with one attached hydrogen (secondary N) is 1. The molecule has 0 unspecified atom stereocenters. The van der Waals surface area contributed by atoms with E-state index < -0.39 is 0 Å². The lowest BCUT2D eigenvalue weighted by atomic mass is 10.1. The average Bonchev–Trinajstić information content (AvgIpc) is 3.17. The molecule has 1 aliphatic rings. The van der Waals surface area contributed by atoms with Gasteiger partial charge in [0.15, 0.2) is 0 Å². The van der Waals surface area contributed by atoms with Gasteiger partial charge in [0.2, 0.25) is 0 Å². The van der Waals surface area contributed by atoms with Crippen LogP contribution in [0.1, 0.15) is 11.1 Å². The molecule has 6 nitrogen and oxygen atoms in total. The van der Waals surface area contributed by atoms with E-state index in [1.54, 1.807) is 24.5 Å². The summed E-state index contributed by atoms with van der Waals surface area (Å²) in [7, 11) is 0. The third-order valence-corrected chi connectivity index (χ3v) is 4.97. The van der Waals surface area contributed by atoms with Crippen LogP contribution in [0.2, 0.25) is 0 Å². The maximum atomic E-state index is 11.6. The van der Waals surface area contributed by atoms with Gasteiger partial charge in [-0.3, -0.25) is 14.9 Å². The molecule has 3 aromatic rings. The van der Waals surface area contributed by atoms with Crippen molar-refractivity contribution in [1.82, 2.24) is 14.9 Å². The van der Waals surface area contributed by atoms with Gasteiger partial charge in [-0.15, -0.1) is 0 Å². The summed E-state index contributed by atoms with van der Waals surface area (Å²) in [5.74, 6) is -0.0983. The molecule has 0 bridgehead atoms. The van der Waals surface area contributed by atoms with Crippen LogP contribution in [0.5, 0.6) is 5.75 Å². The molecule has 7 heteroatoms. The van der Waals surface area contributed by atoms with Gasteiger partial charge in [0, 0.05) is 6.54 Å². The zero-order valence-electron chi connectivity index (χ0n) is 13.7. The van der Waals surface area contributed by atoms with Crippen molar-refractivity contribution in [3.8, 4) is 5.75 Å². The SMILES string of the molecule is O=C1NC(=O)/C(=C/c2ccc3c(c2)ncn3CCc2ccc(O)cc2)S1. The van der Waals surface area contributed by atoms with Crippen molar-refractivity contribution in [1.29, 1.82) is 0 Å². The molecule has 0 saturated carbocycles. The number of aromatic nitrogens is 2. The smallest absolute Gasteiger partial charge is 0.290 e. The Bertz CT molecular complexity index is 1040. The van der Waals surface area contributed by atoms with E-state index in [0.717, 1.165) is 46.9 Å². The van der Waals surface area contributed by atoms with Crippen LogP contribution in [0.15, 0.2) is 53.7 Å². The topological polar surface area (TPSA) is 84.2 Å². The second kappa shape index (κ2) is 6.68. The molecule has 0 spiro atoms. The van der Waals surface area contributed by atoms with Gasteiger partial charge >= 0.3 is 0 Å². The number of carbonyl (C=O) groups excluding carboxylic acids is 2. The number of carbonyl (C=O) groups is 2. The van der Waals surface area contributed by atoms with Gasteiger partial charge in [0.05, 0.1) is 22.3 Å². The summed E-state index contributed by atoms with van der Waals surface area (Å²) in [6.07, 6.45) is 4.32. The van der Waals surface area contributed by atoms with E-state index in [1.807, 2.05) is 30.3 Å². The Hall–Kier alpha value is -3.06. The van der Waals surface area contributed by atoms with Gasteiger partial charge in [-0.25, -0.2) is 4.98 Å². The van der Waals surface area contributed by atoms with Gasteiger partial charge in [0.1, 0.15) is 5.75 Å². The molecular formula is C19H15N3O3S. The number of aryl methyl sites for hydroxylation is 2. The van der Waals surface area contributed by atoms with Gasteiger partial charge in [-0.1, -0.05) is 18.2 Å². The van der Waals surface area contributed by atoms with Gasteiger partial charge in [-0.05, 0) is 59.7 Å². The van der Waals surface area contributed by atoms with Crippen LogP contribution in [-0.2, 0) is 17.8 Å². The van der Waals surface area contributed by atoms with Crippen molar-refractivity contribution in [3.05, 3.63) is 64.8 Å². The Kier molecular flexibility index (Phi) is 4.22. The monoisotopic (exact) mass is 365 g/mol. The van der Waals surface area contributed by atoms with Crippen molar-refractivity contribution in [3.63, 3.8) is 0 Å². The summed E-state index contributed by atoms with van der Waals surface area (Å²) < 4.78 is 2.07. The second-order valence-corrected chi connectivity index (χ2v) is 6.97. The molecule has 0 radical (unpaired) electrons. The molecule has 1 aliphatic heterocycles. The first kappa shape index (κ1) is 16.4. The highest BCUT2D eigenvalue weighted by atomic mass is 32.2. The fourth-order valence-electron chi connectivity index (χ4n) is 2.83. The Morgan fingerprint density at radius 3 is 2.69 bits per heavy atom. The highest BCUT2D eigenvalue weighted by molar-refractivity contribution is 8.18. The molecule has 0 aliphatic carbocycles. The van der Waals surface area contributed by atoms with Crippen LogP contribution < -0.4 is 5.32 Å². The third kappa shape index (κ3) is 3.34. The highest BCUT2D eigenvalue weighted by Gasteiger charge is 2.24. The fourth-order valence-corrected chi connectivity index (χ4v) is 3.52. The third-order valence-electron chi connectivity index (χ3n) is 4.16. The van der Waals surface area contributed by atoms with Crippen LogP contribution in [0.4, 0.5) is 4.79 Å². The minimum atomic E-state index is -0.362. The molecule has 26 heavy (non-hydrogen) atoms. The number of benzene rings is 2. The number of phenolic OH excluding ortho intramolecular Hbond substituents is 1. The highest BCUT2D eigenvalue weighted by Crippen LogP contribution is 2.26. The summed E-state index contributed by atoms with van der Waals surface area (Å²) >= 11 is 0.904. The lowest BCUT2D eigenvalue weighted by Gasteiger charge is -2.05. The van der Waals surface area contributed by atoms with Crippen molar-refractivity contribution >= 4 is 40.0 Å². The van der Waals surface area contributed by atoms with Crippen molar-refractivity contribution in [2.45, 2.75) is 13.0 Å². The number of hydrogen-bond acceptors (Lipinski definition) is 5. The van der Waals surface area contributed by atoms with Gasteiger partial charge in [0.25, 0.3) is 11.1 Å². The number of fused-ring (bicyclic) bond motifs is 1. The lowest BCUT2D eigenvalue weighted by molar-refractivity contribution is -0.115. The molecule has 2 amide bonds. The number of thioether (sulfide) groups is 1. The maximum Gasteiger partial charge on any atom is 0.290 e. The largest absolute Gasteiger partial charge is 0.508 e. The van der Waals surface area contributed by atoms with Gasteiger partial charge in [-0.2, -0.15) is 0 Å². The quantitative estimate of drug-likeness (QED) is 0.693. The first-order valence-electron chi connectivity index (χ1n) is 8.06. The van der Waals surface area contributed by atoms with Crippen molar-refractivity contribution in [2.24, 2.45) is 0 Å². The molecule has 2 N–H and O–H groups in total. The summed E-state index contributed by atoms with van der Waals surface area (Å²) in [6, 6.07) is 13.0. The standard InChI is InChI=1S/C19H15N3O3S/c23-14-4-1-12(2-5-14)7-8-22-11-20-15-9-13(3-6-16(15)22)10-17-18(24)21-19(25)26-17/h1-6,9-11,23H,7-8H2,(H,21,24,25)/b17-10-. The number of nitrogens with zero attached hydrogens (tertiary/aromatic N) is 2. The molecule has 0 atom stereocenters. The fraction of sp³-hybridized carbons (Fsp3) is 0.105. The van der Waals surface area contributed by atoms with E-state index >= 15 is 0 Å². The maximum absolute atomic E-state index is 11.6. The van der Waals surface area contributed by atoms with Crippen molar-refractivity contribution in [2.75, 3.05) is 0 Å². The Morgan fingerprint density at radius 1 is 1.15 bits per heavy atom. The molecule has 1 fully saturated rings. The van der Waals surface area contributed by atoms with Crippen LogP contribution >= 0.6 is 11.8 Å². The van der Waals surface area contributed by atoms with Crippen LogP contribution in [-0.4, -0.2) is 25.8 Å². The number of imidazole rings is 1. The molecular weight excluding hydrogens is 350 g/mol. The van der Waals surface area contributed by atoms with Crippen LogP contribution in [0.3, 0.4) is 0 Å². The van der Waals surface area contributed by atoms with E-state index in [2.05, 4.69) is 14.9 Å². The van der Waals surface area contributed by atoms with E-state index in [4.69, 9.17) is 0 Å². The predicted octanol–water partition coefficient (Wildman–Crippen LogP) is 3.31. The van der Waals surface area contributed by atoms with Gasteiger partial charge < -0.3 is 9.67 Å². The summed E-state index contributed by atoms with van der Waals surface area (Å²) in [5, 5.41) is 11.2. The number of amides is 2. The normalized spacial score (nSPS) is 15.8. The van der Waals surface area contributed by atoms with Crippen LogP contribution in [0.25, 0.3) is 17.1 Å². The Morgan fingerprint density at radius 2 is 1.96 bits per heavy atom. The lowest BCUT2D eigenvalue weighted by Crippen LogP contribution is -2.17. The summed E-state index contributed by atoms with van der Waals surface area (Å²) in [4.78, 5) is 27.7. The van der Waals surface area contributed by atoms with E-state index in [0.29, 0.717) is 4.91 Å². The van der Waals surface area contributed by atoms with Crippen molar-refractivity contribution < 1.29 is 14.7 Å². The summed E-state index contributed by atoms with van der Waals surface area (Å²) in [6.45, 7) is 0.772. The molecule has 2 aromatic carbocycles. The minimum Gasteiger partial charge on any atom is -0.508 e. The molecule has 2 heterocycles. The number of phenols is 1. The predicted molar refractivity (Wildman–Crippen MR) is 101 cm³/mol. The Labute approximate surface area is 153 Å². The second-order valence-electron chi connectivity index (χ2n) is 5.95. The molecule has 1 aromatic heterocycles. The zero-order chi connectivity index (χ0) is 18.1. The first-order valence-corrected chi connectivity index (χ1v) is 8.88. The average molecular weight is 365 g/mol. The molecule has 4 rings (SSSR count). The van der Waals surface area contributed by atoms with E-state index in [1.165, 1.54) is 0 Å². The number of rotatable bonds is 4. The van der Waals surface area contributed by atoms with E-state index in [9.17, 15) is 14.7 Å². The van der Waals surface area contributed by atoms with Crippen LogP contribution in [0, 0.1) is 0 Å². The molecule has 1 saturated heterocycles.